The SMILES string of the molecule is CC1CN(CCC(NC2CC2)C(N)=O)CC(C)N1C. The van der Waals surface area contributed by atoms with Gasteiger partial charge in [0.15, 0.2) is 0 Å². The third kappa shape index (κ3) is 4.16. The summed E-state index contributed by atoms with van der Waals surface area (Å²) in [7, 11) is 2.19. The number of amides is 1. The van der Waals surface area contributed by atoms with Crippen LogP contribution < -0.4 is 11.1 Å². The zero-order chi connectivity index (χ0) is 14.0. The van der Waals surface area contributed by atoms with E-state index >= 15 is 0 Å². The van der Waals surface area contributed by atoms with Gasteiger partial charge in [0.1, 0.15) is 0 Å². The molecular weight excluding hydrogens is 240 g/mol. The molecule has 0 spiro atoms. The van der Waals surface area contributed by atoms with Gasteiger partial charge in [0.05, 0.1) is 6.04 Å². The first-order valence-corrected chi connectivity index (χ1v) is 7.47. The summed E-state index contributed by atoms with van der Waals surface area (Å²) in [5.41, 5.74) is 5.48. The lowest BCUT2D eigenvalue weighted by Gasteiger charge is -2.42. The number of carbonyl (C=O) groups is 1. The molecule has 1 heterocycles. The molecule has 1 aliphatic heterocycles. The Kier molecular flexibility index (Phi) is 4.81. The predicted molar refractivity (Wildman–Crippen MR) is 76.9 cm³/mol. The number of hydrogen-bond donors (Lipinski definition) is 2. The van der Waals surface area contributed by atoms with Crippen molar-refractivity contribution in [2.24, 2.45) is 5.73 Å². The van der Waals surface area contributed by atoms with Gasteiger partial charge in [-0.1, -0.05) is 0 Å². The molecule has 3 atom stereocenters. The van der Waals surface area contributed by atoms with Crippen molar-refractivity contribution in [1.82, 2.24) is 15.1 Å². The Morgan fingerprint density at radius 3 is 2.37 bits per heavy atom. The van der Waals surface area contributed by atoms with Crippen molar-refractivity contribution in [1.29, 1.82) is 0 Å². The molecular formula is C14H28N4O. The number of nitrogens with zero attached hydrogens (tertiary/aromatic N) is 2. The van der Waals surface area contributed by atoms with Crippen molar-refractivity contribution < 1.29 is 4.79 Å². The van der Waals surface area contributed by atoms with E-state index in [1.165, 1.54) is 12.8 Å². The number of rotatable bonds is 6. The van der Waals surface area contributed by atoms with Crippen LogP contribution in [0.3, 0.4) is 0 Å². The van der Waals surface area contributed by atoms with E-state index in [4.69, 9.17) is 5.73 Å². The highest BCUT2D eigenvalue weighted by molar-refractivity contribution is 5.79. The van der Waals surface area contributed by atoms with Gasteiger partial charge in [-0.3, -0.25) is 9.69 Å². The molecule has 0 bridgehead atoms. The van der Waals surface area contributed by atoms with Crippen molar-refractivity contribution in [3.8, 4) is 0 Å². The van der Waals surface area contributed by atoms with Gasteiger partial charge >= 0.3 is 0 Å². The van der Waals surface area contributed by atoms with Gasteiger partial charge in [-0.05, 0) is 40.2 Å². The number of piperazine rings is 1. The molecule has 1 amide bonds. The Balaban J connectivity index is 1.78. The number of primary amides is 1. The van der Waals surface area contributed by atoms with E-state index in [0.717, 1.165) is 26.1 Å². The van der Waals surface area contributed by atoms with E-state index in [0.29, 0.717) is 18.1 Å². The van der Waals surface area contributed by atoms with E-state index in [2.05, 4.69) is 36.0 Å². The summed E-state index contributed by atoms with van der Waals surface area (Å²) in [6.07, 6.45) is 3.20. The van der Waals surface area contributed by atoms with E-state index in [1.54, 1.807) is 0 Å². The molecule has 5 heteroatoms. The third-order valence-corrected chi connectivity index (χ3v) is 4.53. The van der Waals surface area contributed by atoms with Gasteiger partial charge < -0.3 is 16.0 Å². The van der Waals surface area contributed by atoms with Crippen LogP contribution in [-0.4, -0.2) is 66.6 Å². The average molecular weight is 268 g/mol. The van der Waals surface area contributed by atoms with Crippen LogP contribution in [0.15, 0.2) is 0 Å². The maximum Gasteiger partial charge on any atom is 0.234 e. The van der Waals surface area contributed by atoms with Gasteiger partial charge in [0.25, 0.3) is 0 Å². The lowest BCUT2D eigenvalue weighted by Crippen LogP contribution is -2.55. The second-order valence-corrected chi connectivity index (χ2v) is 6.31. The average Bonchev–Trinajstić information content (AvgIpc) is 3.14. The Hall–Kier alpha value is -0.650. The molecule has 110 valence electrons. The van der Waals surface area contributed by atoms with Gasteiger partial charge in [-0.25, -0.2) is 0 Å². The summed E-state index contributed by atoms with van der Waals surface area (Å²) in [5.74, 6) is -0.206. The smallest absolute Gasteiger partial charge is 0.234 e. The lowest BCUT2D eigenvalue weighted by atomic mass is 10.1. The fraction of sp³-hybridized carbons (Fsp3) is 0.929. The molecule has 1 saturated carbocycles. The minimum absolute atomic E-state index is 0.155. The molecule has 1 saturated heterocycles. The van der Waals surface area contributed by atoms with E-state index < -0.39 is 0 Å². The summed E-state index contributed by atoms with van der Waals surface area (Å²) < 4.78 is 0. The van der Waals surface area contributed by atoms with Crippen LogP contribution in [0, 0.1) is 0 Å². The molecule has 19 heavy (non-hydrogen) atoms. The van der Waals surface area contributed by atoms with Crippen LogP contribution in [0.4, 0.5) is 0 Å². The van der Waals surface area contributed by atoms with Crippen LogP contribution >= 0.6 is 0 Å². The number of likely N-dealkylation sites (N-methyl/N-ethyl adjacent to an activating group) is 1. The van der Waals surface area contributed by atoms with Crippen LogP contribution in [0.5, 0.6) is 0 Å². The minimum Gasteiger partial charge on any atom is -0.368 e. The molecule has 0 radical (unpaired) electrons. The van der Waals surface area contributed by atoms with Crippen LogP contribution in [0.2, 0.25) is 0 Å². The number of nitrogens with two attached hydrogens (primary N) is 1. The molecule has 5 nitrogen and oxygen atoms in total. The molecule has 2 rings (SSSR count). The largest absolute Gasteiger partial charge is 0.368 e. The molecule has 0 aromatic carbocycles. The summed E-state index contributed by atoms with van der Waals surface area (Å²) in [4.78, 5) is 16.3. The molecule has 2 fully saturated rings. The molecule has 0 aromatic heterocycles. The Morgan fingerprint density at radius 2 is 1.89 bits per heavy atom. The molecule has 2 aliphatic rings. The second-order valence-electron chi connectivity index (χ2n) is 6.31. The van der Waals surface area contributed by atoms with Crippen LogP contribution in [0.1, 0.15) is 33.1 Å². The van der Waals surface area contributed by atoms with Crippen molar-refractivity contribution in [3.63, 3.8) is 0 Å². The van der Waals surface area contributed by atoms with E-state index in [1.807, 2.05) is 0 Å². The molecule has 3 unspecified atom stereocenters. The summed E-state index contributed by atoms with van der Waals surface area (Å²) in [5, 5.41) is 3.35. The van der Waals surface area contributed by atoms with Gasteiger partial charge in [-0.15, -0.1) is 0 Å². The van der Waals surface area contributed by atoms with E-state index in [-0.39, 0.29) is 11.9 Å². The number of nitrogens with one attached hydrogen (secondary N) is 1. The quantitative estimate of drug-likeness (QED) is 0.712. The first-order valence-electron chi connectivity index (χ1n) is 7.47. The highest BCUT2D eigenvalue weighted by Gasteiger charge is 2.29. The van der Waals surface area contributed by atoms with Gasteiger partial charge in [-0.2, -0.15) is 0 Å². The maximum absolute atomic E-state index is 11.4. The second kappa shape index (κ2) is 6.20. The number of carbonyl (C=O) groups excluding carboxylic acids is 1. The van der Waals surface area contributed by atoms with Gasteiger partial charge in [0, 0.05) is 37.8 Å². The first kappa shape index (κ1) is 14.8. The summed E-state index contributed by atoms with van der Waals surface area (Å²) in [6, 6.07) is 1.53. The van der Waals surface area contributed by atoms with E-state index in [9.17, 15) is 4.79 Å². The standard InChI is InChI=1S/C14H28N4O/c1-10-8-18(9-11(2)17(10)3)7-6-13(14(15)19)16-12-4-5-12/h10-13,16H,4-9H2,1-3H3,(H2,15,19). The monoisotopic (exact) mass is 268 g/mol. The highest BCUT2D eigenvalue weighted by Crippen LogP contribution is 2.20. The zero-order valence-corrected chi connectivity index (χ0v) is 12.4. The highest BCUT2D eigenvalue weighted by atomic mass is 16.1. The first-order chi connectivity index (χ1) is 8.97. The molecule has 0 aromatic rings. The van der Waals surface area contributed by atoms with Crippen molar-refractivity contribution in [2.75, 3.05) is 26.7 Å². The minimum atomic E-state index is -0.206. The Bertz CT molecular complexity index is 307. The van der Waals surface area contributed by atoms with Crippen LogP contribution in [-0.2, 0) is 4.79 Å². The Morgan fingerprint density at radius 1 is 1.32 bits per heavy atom. The fourth-order valence-corrected chi connectivity index (χ4v) is 2.85. The predicted octanol–water partition coefficient (Wildman–Crippen LogP) is 0.00680. The third-order valence-electron chi connectivity index (χ3n) is 4.53. The van der Waals surface area contributed by atoms with Gasteiger partial charge in [0.2, 0.25) is 5.91 Å². The summed E-state index contributed by atoms with van der Waals surface area (Å²) in [6.45, 7) is 7.63. The fourth-order valence-electron chi connectivity index (χ4n) is 2.85. The molecule has 3 N–H and O–H groups in total. The molecule has 1 aliphatic carbocycles. The van der Waals surface area contributed by atoms with Crippen LogP contribution in [0.25, 0.3) is 0 Å². The number of hydrogen-bond acceptors (Lipinski definition) is 4. The van der Waals surface area contributed by atoms with Crippen molar-refractivity contribution in [2.45, 2.75) is 57.3 Å². The zero-order valence-electron chi connectivity index (χ0n) is 12.4. The van der Waals surface area contributed by atoms with Crippen molar-refractivity contribution in [3.05, 3.63) is 0 Å². The Labute approximate surface area is 116 Å². The topological polar surface area (TPSA) is 61.6 Å². The normalized spacial score (nSPS) is 31.3. The summed E-state index contributed by atoms with van der Waals surface area (Å²) >= 11 is 0. The lowest BCUT2D eigenvalue weighted by molar-refractivity contribution is -0.120. The maximum atomic E-state index is 11.4. The van der Waals surface area contributed by atoms with Crippen molar-refractivity contribution >= 4 is 5.91 Å².